The number of hydrogen-bond acceptors (Lipinski definition) is 5. The minimum atomic E-state index is 0.392. The largest absolute Gasteiger partial charge is 0.367 e. The molecule has 1 aromatic rings. The molecule has 68 valence electrons. The second-order valence-electron chi connectivity index (χ2n) is 2.78. The van der Waals surface area contributed by atoms with Crippen LogP contribution in [0.25, 0.3) is 0 Å². The molecule has 0 aliphatic rings. The summed E-state index contributed by atoms with van der Waals surface area (Å²) < 4.78 is 1.63. The van der Waals surface area contributed by atoms with E-state index >= 15 is 0 Å². The highest BCUT2D eigenvalue weighted by Crippen LogP contribution is 2.07. The molecule has 1 atom stereocenters. The minimum Gasteiger partial charge on any atom is -0.367 e. The van der Waals surface area contributed by atoms with Crippen LogP contribution in [0.5, 0.6) is 0 Å². The van der Waals surface area contributed by atoms with E-state index in [0.29, 0.717) is 11.9 Å². The number of aromatic nitrogens is 4. The molecule has 5 nitrogen and oxygen atoms in total. The van der Waals surface area contributed by atoms with Gasteiger partial charge in [0.05, 0.1) is 0 Å². The van der Waals surface area contributed by atoms with Crippen LogP contribution in [-0.2, 0) is 6.54 Å². The van der Waals surface area contributed by atoms with Crippen LogP contribution in [0.3, 0.4) is 0 Å². The van der Waals surface area contributed by atoms with Crippen molar-refractivity contribution >= 4 is 17.7 Å². The van der Waals surface area contributed by atoms with Crippen LogP contribution in [0.4, 0.5) is 5.95 Å². The smallest absolute Gasteiger partial charge is 0.240 e. The van der Waals surface area contributed by atoms with Crippen LogP contribution in [0.15, 0.2) is 0 Å². The first-order valence-corrected chi connectivity index (χ1v) is 5.14. The first-order valence-electron chi connectivity index (χ1n) is 3.74. The van der Waals surface area contributed by atoms with Crippen molar-refractivity contribution in [2.24, 2.45) is 5.92 Å². The third-order valence-electron chi connectivity index (χ3n) is 1.50. The molecule has 0 bridgehead atoms. The number of rotatable bonds is 4. The topological polar surface area (TPSA) is 69.6 Å². The zero-order valence-electron chi connectivity index (χ0n) is 7.27. The van der Waals surface area contributed by atoms with Crippen molar-refractivity contribution in [2.75, 3.05) is 17.7 Å². The Labute approximate surface area is 75.7 Å². The second kappa shape index (κ2) is 4.30. The predicted octanol–water partition coefficient (Wildman–Crippen LogP) is 0.254. The zero-order chi connectivity index (χ0) is 8.97. The molecule has 1 aromatic heterocycles. The number of hydrogen-bond donors (Lipinski definition) is 1. The number of thioether (sulfide) groups is 1. The van der Waals surface area contributed by atoms with E-state index in [1.165, 1.54) is 0 Å². The molecule has 0 spiro atoms. The quantitative estimate of drug-likeness (QED) is 0.732. The SMILES string of the molecule is CSCC(C)Cn1nnnc1N. The molecule has 6 heteroatoms. The van der Waals surface area contributed by atoms with Gasteiger partial charge in [-0.3, -0.25) is 0 Å². The Bertz CT molecular complexity index is 236. The average Bonchev–Trinajstić information content (AvgIpc) is 2.37. The summed E-state index contributed by atoms with van der Waals surface area (Å²) in [6.07, 6.45) is 2.08. The molecule has 1 unspecified atom stereocenters. The number of nitrogens with zero attached hydrogens (tertiary/aromatic N) is 4. The molecule has 1 rings (SSSR count). The fourth-order valence-electron chi connectivity index (χ4n) is 0.974. The van der Waals surface area contributed by atoms with Crippen molar-refractivity contribution < 1.29 is 0 Å². The van der Waals surface area contributed by atoms with E-state index in [1.54, 1.807) is 4.68 Å². The number of nitrogen functional groups attached to an aromatic ring is 1. The van der Waals surface area contributed by atoms with Crippen LogP contribution >= 0.6 is 11.8 Å². The summed E-state index contributed by atoms with van der Waals surface area (Å²) in [6.45, 7) is 2.94. The monoisotopic (exact) mass is 187 g/mol. The maximum absolute atomic E-state index is 5.51. The molecule has 0 amide bonds. The van der Waals surface area contributed by atoms with E-state index in [4.69, 9.17) is 5.73 Å². The molecule has 2 N–H and O–H groups in total. The molecule has 1 heterocycles. The van der Waals surface area contributed by atoms with Gasteiger partial charge in [0, 0.05) is 6.54 Å². The third-order valence-corrected chi connectivity index (χ3v) is 2.40. The molecule has 0 fully saturated rings. The van der Waals surface area contributed by atoms with Gasteiger partial charge in [-0.05, 0) is 28.4 Å². The van der Waals surface area contributed by atoms with E-state index in [-0.39, 0.29) is 0 Å². The van der Waals surface area contributed by atoms with Crippen LogP contribution in [0.2, 0.25) is 0 Å². The number of tetrazole rings is 1. The second-order valence-corrected chi connectivity index (χ2v) is 3.69. The van der Waals surface area contributed by atoms with Gasteiger partial charge in [-0.15, -0.1) is 0 Å². The molecule has 0 saturated heterocycles. The van der Waals surface area contributed by atoms with Gasteiger partial charge < -0.3 is 5.73 Å². The molecular weight excluding hydrogens is 174 g/mol. The lowest BCUT2D eigenvalue weighted by Crippen LogP contribution is -2.13. The van der Waals surface area contributed by atoms with Gasteiger partial charge in [0.2, 0.25) is 5.95 Å². The van der Waals surface area contributed by atoms with Gasteiger partial charge in [0.25, 0.3) is 0 Å². The molecule has 12 heavy (non-hydrogen) atoms. The van der Waals surface area contributed by atoms with Crippen molar-refractivity contribution in [1.29, 1.82) is 0 Å². The number of anilines is 1. The summed E-state index contributed by atoms with van der Waals surface area (Å²) in [5.74, 6) is 2.04. The number of nitrogens with two attached hydrogens (primary N) is 1. The standard InChI is InChI=1S/C6H13N5S/c1-5(4-12-2)3-11-6(7)8-9-10-11/h5H,3-4H2,1-2H3,(H2,7,8,10). The summed E-state index contributed by atoms with van der Waals surface area (Å²) in [6, 6.07) is 0. The van der Waals surface area contributed by atoms with Crippen LogP contribution in [0.1, 0.15) is 6.92 Å². The molecular formula is C6H13N5S. The Kier molecular flexibility index (Phi) is 3.33. The van der Waals surface area contributed by atoms with E-state index < -0.39 is 0 Å². The Morgan fingerprint density at radius 3 is 2.92 bits per heavy atom. The van der Waals surface area contributed by atoms with Gasteiger partial charge in [0.15, 0.2) is 0 Å². The summed E-state index contributed by atoms with van der Waals surface area (Å²) in [5.41, 5.74) is 5.51. The van der Waals surface area contributed by atoms with Crippen molar-refractivity contribution in [2.45, 2.75) is 13.5 Å². The van der Waals surface area contributed by atoms with E-state index in [2.05, 4.69) is 28.7 Å². The van der Waals surface area contributed by atoms with Crippen molar-refractivity contribution in [3.8, 4) is 0 Å². The average molecular weight is 187 g/mol. The highest BCUT2D eigenvalue weighted by atomic mass is 32.2. The molecule has 0 radical (unpaired) electrons. The first kappa shape index (κ1) is 9.31. The molecule has 0 saturated carbocycles. The van der Waals surface area contributed by atoms with Crippen LogP contribution < -0.4 is 5.73 Å². The van der Waals surface area contributed by atoms with Gasteiger partial charge in [-0.1, -0.05) is 12.0 Å². The van der Waals surface area contributed by atoms with Crippen LogP contribution in [0, 0.1) is 5.92 Å². The van der Waals surface area contributed by atoms with E-state index in [1.807, 2.05) is 11.8 Å². The first-order chi connectivity index (χ1) is 5.74. The Morgan fingerprint density at radius 1 is 1.67 bits per heavy atom. The maximum Gasteiger partial charge on any atom is 0.240 e. The normalized spacial score (nSPS) is 13.2. The summed E-state index contributed by atoms with van der Waals surface area (Å²) >= 11 is 1.81. The third kappa shape index (κ3) is 2.37. The Hall–Kier alpha value is -0.780. The minimum absolute atomic E-state index is 0.392. The van der Waals surface area contributed by atoms with E-state index in [0.717, 1.165) is 12.3 Å². The van der Waals surface area contributed by atoms with Crippen molar-refractivity contribution in [1.82, 2.24) is 20.2 Å². The zero-order valence-corrected chi connectivity index (χ0v) is 8.08. The molecule has 0 aromatic carbocycles. The van der Waals surface area contributed by atoms with Crippen molar-refractivity contribution in [3.05, 3.63) is 0 Å². The lowest BCUT2D eigenvalue weighted by atomic mass is 10.2. The fraction of sp³-hybridized carbons (Fsp3) is 0.833. The van der Waals surface area contributed by atoms with E-state index in [9.17, 15) is 0 Å². The van der Waals surface area contributed by atoms with Gasteiger partial charge in [-0.25, -0.2) is 4.68 Å². The lowest BCUT2D eigenvalue weighted by Gasteiger charge is -2.08. The van der Waals surface area contributed by atoms with Crippen molar-refractivity contribution in [3.63, 3.8) is 0 Å². The Morgan fingerprint density at radius 2 is 2.42 bits per heavy atom. The molecule has 0 aliphatic heterocycles. The lowest BCUT2D eigenvalue weighted by molar-refractivity contribution is 0.483. The molecule has 0 aliphatic carbocycles. The van der Waals surface area contributed by atoms with Gasteiger partial charge in [-0.2, -0.15) is 11.8 Å². The van der Waals surface area contributed by atoms with Crippen LogP contribution in [-0.4, -0.2) is 32.2 Å². The highest BCUT2D eigenvalue weighted by Gasteiger charge is 2.06. The van der Waals surface area contributed by atoms with Gasteiger partial charge >= 0.3 is 0 Å². The predicted molar refractivity (Wildman–Crippen MR) is 49.8 cm³/mol. The fourth-order valence-corrected chi connectivity index (χ4v) is 1.65. The Balaban J connectivity index is 2.46. The highest BCUT2D eigenvalue weighted by molar-refractivity contribution is 7.98. The summed E-state index contributed by atoms with van der Waals surface area (Å²) in [5, 5.41) is 10.8. The summed E-state index contributed by atoms with van der Waals surface area (Å²) in [4.78, 5) is 0. The van der Waals surface area contributed by atoms with Gasteiger partial charge in [0.1, 0.15) is 0 Å². The maximum atomic E-state index is 5.51. The summed E-state index contributed by atoms with van der Waals surface area (Å²) in [7, 11) is 0.